The summed E-state index contributed by atoms with van der Waals surface area (Å²) in [6.07, 6.45) is 2.70. The van der Waals surface area contributed by atoms with Gasteiger partial charge in [-0.3, -0.25) is 4.99 Å². The number of aliphatic imine (C=N–C) groups is 1. The third-order valence-corrected chi connectivity index (χ3v) is 4.92. The molecule has 0 saturated heterocycles. The molecule has 138 valence electrons. The number of aromatic nitrogens is 2. The van der Waals surface area contributed by atoms with Crippen LogP contribution in [0.25, 0.3) is 11.3 Å². The van der Waals surface area contributed by atoms with Gasteiger partial charge in [0.1, 0.15) is 5.75 Å². The molecule has 0 bridgehead atoms. The van der Waals surface area contributed by atoms with E-state index in [1.807, 2.05) is 17.5 Å². The molecule has 1 aliphatic rings. The Labute approximate surface area is 170 Å². The molecule has 27 heavy (non-hydrogen) atoms. The minimum absolute atomic E-state index is 0.431. The first kappa shape index (κ1) is 18.0. The molecule has 1 aromatic carbocycles. The quantitative estimate of drug-likeness (QED) is 0.617. The number of guanidine groups is 1. The van der Waals surface area contributed by atoms with Crippen molar-refractivity contribution >= 4 is 45.6 Å². The predicted molar refractivity (Wildman–Crippen MR) is 110 cm³/mol. The van der Waals surface area contributed by atoms with Gasteiger partial charge in [-0.2, -0.15) is 0 Å². The fraction of sp³-hybridized carbons (Fsp3) is 0.167. The van der Waals surface area contributed by atoms with Crippen LogP contribution < -0.4 is 15.4 Å². The van der Waals surface area contributed by atoms with Crippen molar-refractivity contribution in [1.29, 1.82) is 0 Å². The number of hydrogen-bond acceptors (Lipinski definition) is 7. The third kappa shape index (κ3) is 4.50. The number of anilines is 1. The average Bonchev–Trinajstić information content (AvgIpc) is 3.10. The first-order chi connectivity index (χ1) is 13.2. The summed E-state index contributed by atoms with van der Waals surface area (Å²) in [4.78, 5) is 13.4. The fourth-order valence-electron chi connectivity index (χ4n) is 2.54. The minimum atomic E-state index is 0.431. The number of halogens is 2. The second-order valence-electron chi connectivity index (χ2n) is 5.74. The van der Waals surface area contributed by atoms with Crippen LogP contribution >= 0.6 is 34.5 Å². The van der Waals surface area contributed by atoms with Crippen LogP contribution in [0, 0.1) is 0 Å². The maximum atomic E-state index is 6.05. The van der Waals surface area contributed by atoms with E-state index in [1.165, 1.54) is 11.3 Å². The van der Waals surface area contributed by atoms with Crippen LogP contribution in [0.5, 0.6) is 11.6 Å². The van der Waals surface area contributed by atoms with E-state index in [4.69, 9.17) is 27.9 Å². The highest BCUT2D eigenvalue weighted by molar-refractivity contribution is 7.14. The summed E-state index contributed by atoms with van der Waals surface area (Å²) in [5.74, 6) is 1.70. The number of rotatable bonds is 4. The zero-order valence-electron chi connectivity index (χ0n) is 14.1. The maximum Gasteiger partial charge on any atom is 0.228 e. The number of ether oxygens (including phenoxy) is 1. The summed E-state index contributed by atoms with van der Waals surface area (Å²) in [7, 11) is 0. The van der Waals surface area contributed by atoms with E-state index < -0.39 is 0 Å². The molecule has 0 spiro atoms. The summed E-state index contributed by atoms with van der Waals surface area (Å²) < 4.78 is 5.91. The second-order valence-corrected chi connectivity index (χ2v) is 7.47. The lowest BCUT2D eigenvalue weighted by Crippen LogP contribution is -2.35. The van der Waals surface area contributed by atoms with Gasteiger partial charge in [0.05, 0.1) is 11.3 Å². The smallest absolute Gasteiger partial charge is 0.228 e. The second kappa shape index (κ2) is 8.12. The van der Waals surface area contributed by atoms with Crippen LogP contribution in [-0.2, 0) is 0 Å². The molecule has 0 aliphatic carbocycles. The lowest BCUT2D eigenvalue weighted by Gasteiger charge is -2.14. The van der Waals surface area contributed by atoms with E-state index in [1.54, 1.807) is 24.4 Å². The summed E-state index contributed by atoms with van der Waals surface area (Å²) in [6, 6.07) is 8.77. The van der Waals surface area contributed by atoms with E-state index in [0.717, 1.165) is 41.9 Å². The number of pyridine rings is 1. The Morgan fingerprint density at radius 2 is 2.04 bits per heavy atom. The van der Waals surface area contributed by atoms with Crippen molar-refractivity contribution in [2.24, 2.45) is 4.99 Å². The van der Waals surface area contributed by atoms with Crippen LogP contribution in [0.15, 0.2) is 46.9 Å². The van der Waals surface area contributed by atoms with Crippen molar-refractivity contribution in [2.45, 2.75) is 6.42 Å². The molecular weight excluding hydrogens is 405 g/mol. The molecule has 1 aliphatic heterocycles. The zero-order chi connectivity index (χ0) is 18.6. The van der Waals surface area contributed by atoms with E-state index in [2.05, 4.69) is 25.6 Å². The summed E-state index contributed by atoms with van der Waals surface area (Å²) in [5.41, 5.74) is 1.53. The highest BCUT2D eigenvalue weighted by Crippen LogP contribution is 2.34. The van der Waals surface area contributed by atoms with Gasteiger partial charge in [0.2, 0.25) is 5.88 Å². The van der Waals surface area contributed by atoms with Crippen molar-refractivity contribution in [3.05, 3.63) is 52.0 Å². The van der Waals surface area contributed by atoms with Crippen LogP contribution in [0.1, 0.15) is 6.42 Å². The molecule has 6 nitrogen and oxygen atoms in total. The van der Waals surface area contributed by atoms with E-state index in [0.29, 0.717) is 21.7 Å². The minimum Gasteiger partial charge on any atom is -0.438 e. The van der Waals surface area contributed by atoms with Gasteiger partial charge in [-0.1, -0.05) is 23.2 Å². The molecule has 0 saturated carbocycles. The Kier molecular flexibility index (Phi) is 5.42. The van der Waals surface area contributed by atoms with Gasteiger partial charge < -0.3 is 15.4 Å². The topological polar surface area (TPSA) is 71.4 Å². The molecular formula is C18H15Cl2N5OS. The van der Waals surface area contributed by atoms with E-state index in [-0.39, 0.29) is 0 Å². The molecule has 0 radical (unpaired) electrons. The Morgan fingerprint density at radius 3 is 2.81 bits per heavy atom. The van der Waals surface area contributed by atoms with Crippen LogP contribution in [0.4, 0.5) is 5.13 Å². The largest absolute Gasteiger partial charge is 0.438 e. The van der Waals surface area contributed by atoms with Gasteiger partial charge in [0.25, 0.3) is 0 Å². The molecule has 0 fully saturated rings. The third-order valence-electron chi connectivity index (χ3n) is 3.72. The molecule has 2 aromatic heterocycles. The van der Waals surface area contributed by atoms with Gasteiger partial charge in [0.15, 0.2) is 11.1 Å². The number of hydrogen-bond donors (Lipinski definition) is 2. The van der Waals surface area contributed by atoms with E-state index >= 15 is 0 Å². The highest BCUT2D eigenvalue weighted by atomic mass is 35.5. The first-order valence-electron chi connectivity index (χ1n) is 8.27. The van der Waals surface area contributed by atoms with Crippen molar-refractivity contribution in [3.63, 3.8) is 0 Å². The molecule has 3 heterocycles. The Morgan fingerprint density at radius 1 is 1.19 bits per heavy atom. The average molecular weight is 420 g/mol. The number of nitrogens with zero attached hydrogens (tertiary/aromatic N) is 3. The van der Waals surface area contributed by atoms with Crippen LogP contribution in [-0.4, -0.2) is 29.0 Å². The van der Waals surface area contributed by atoms with Gasteiger partial charge in [-0.15, -0.1) is 11.3 Å². The van der Waals surface area contributed by atoms with Gasteiger partial charge >= 0.3 is 0 Å². The Bertz CT molecular complexity index is 971. The molecule has 2 N–H and O–H groups in total. The lowest BCUT2D eigenvalue weighted by atomic mass is 10.2. The first-order valence-corrected chi connectivity index (χ1v) is 9.91. The number of nitrogens with one attached hydrogen (secondary N) is 2. The van der Waals surface area contributed by atoms with E-state index in [9.17, 15) is 0 Å². The van der Waals surface area contributed by atoms with Crippen molar-refractivity contribution in [3.8, 4) is 22.9 Å². The SMILES string of the molecule is Clc1cc(Cl)cc(Oc2ncccc2-c2csc(NC3=NCCCN3)n2)c1. The Hall–Kier alpha value is -2.35. The van der Waals surface area contributed by atoms with Crippen molar-refractivity contribution in [2.75, 3.05) is 18.4 Å². The molecule has 3 aromatic rings. The molecule has 0 atom stereocenters. The lowest BCUT2D eigenvalue weighted by molar-refractivity contribution is 0.465. The molecule has 0 unspecified atom stereocenters. The molecule has 4 rings (SSSR count). The monoisotopic (exact) mass is 419 g/mol. The highest BCUT2D eigenvalue weighted by Gasteiger charge is 2.14. The van der Waals surface area contributed by atoms with Crippen molar-refractivity contribution < 1.29 is 4.74 Å². The van der Waals surface area contributed by atoms with Crippen LogP contribution in [0.2, 0.25) is 10.0 Å². The van der Waals surface area contributed by atoms with Crippen molar-refractivity contribution in [1.82, 2.24) is 15.3 Å². The molecule has 0 amide bonds. The standard InChI is InChI=1S/C18H15Cl2N5OS/c19-11-7-12(20)9-13(8-11)26-16-14(3-1-4-21-16)15-10-27-18(24-15)25-17-22-5-2-6-23-17/h1,3-4,7-10H,2,5-6H2,(H2,22,23,24,25). The number of benzene rings is 1. The molecule has 9 heteroatoms. The zero-order valence-corrected chi connectivity index (χ0v) is 16.4. The van der Waals surface area contributed by atoms with Gasteiger partial charge in [-0.25, -0.2) is 9.97 Å². The van der Waals surface area contributed by atoms with Gasteiger partial charge in [0, 0.05) is 34.7 Å². The summed E-state index contributed by atoms with van der Waals surface area (Å²) >= 11 is 13.6. The normalized spacial score (nSPS) is 13.6. The fourth-order valence-corrected chi connectivity index (χ4v) is 3.75. The predicted octanol–water partition coefficient (Wildman–Crippen LogP) is 5.07. The van der Waals surface area contributed by atoms with Crippen LogP contribution in [0.3, 0.4) is 0 Å². The Balaban J connectivity index is 1.58. The number of thiazole rings is 1. The summed E-state index contributed by atoms with van der Waals surface area (Å²) in [5, 5.41) is 10.1. The summed E-state index contributed by atoms with van der Waals surface area (Å²) in [6.45, 7) is 1.73. The van der Waals surface area contributed by atoms with Gasteiger partial charge in [-0.05, 0) is 36.8 Å². The maximum absolute atomic E-state index is 6.05.